The molecular formula is C26H25Cl2NO5S. The van der Waals surface area contributed by atoms with Crippen molar-refractivity contribution in [2.24, 2.45) is 0 Å². The zero-order valence-electron chi connectivity index (χ0n) is 19.1. The van der Waals surface area contributed by atoms with Gasteiger partial charge in [0.15, 0.2) is 0 Å². The maximum Gasteiger partial charge on any atom is 0.340 e. The molecule has 0 aliphatic carbocycles. The highest BCUT2D eigenvalue weighted by molar-refractivity contribution is 7.87. The molecule has 0 N–H and O–H groups in total. The number of nitrogens with zero attached hydrogens (tertiary/aromatic N) is 1. The van der Waals surface area contributed by atoms with Crippen LogP contribution in [0.25, 0.3) is 0 Å². The van der Waals surface area contributed by atoms with E-state index in [0.717, 1.165) is 12.8 Å². The van der Waals surface area contributed by atoms with Gasteiger partial charge in [0, 0.05) is 19.7 Å². The molecule has 1 amide bonds. The number of rotatable bonds is 8. The molecule has 0 bridgehead atoms. The topological polar surface area (TPSA) is 72.9 Å². The van der Waals surface area contributed by atoms with Crippen LogP contribution < -0.4 is 4.18 Å². The van der Waals surface area contributed by atoms with Gasteiger partial charge in [0.25, 0.3) is 5.91 Å². The quantitative estimate of drug-likeness (QED) is 0.337. The predicted octanol–water partition coefficient (Wildman–Crippen LogP) is 5.89. The highest BCUT2D eigenvalue weighted by atomic mass is 35.5. The van der Waals surface area contributed by atoms with Crippen LogP contribution in [0.2, 0.25) is 10.0 Å². The summed E-state index contributed by atoms with van der Waals surface area (Å²) in [4.78, 5) is 15.0. The molecule has 0 aromatic heterocycles. The monoisotopic (exact) mass is 533 g/mol. The first-order valence-corrected chi connectivity index (χ1v) is 13.3. The minimum absolute atomic E-state index is 0.0653. The van der Waals surface area contributed by atoms with Gasteiger partial charge < -0.3 is 13.8 Å². The van der Waals surface area contributed by atoms with Gasteiger partial charge in [0.05, 0.1) is 21.7 Å². The molecule has 35 heavy (non-hydrogen) atoms. The van der Waals surface area contributed by atoms with Gasteiger partial charge >= 0.3 is 10.1 Å². The summed E-state index contributed by atoms with van der Waals surface area (Å²) < 4.78 is 37.0. The van der Waals surface area contributed by atoms with Crippen LogP contribution in [0.3, 0.4) is 0 Å². The molecule has 184 valence electrons. The summed E-state index contributed by atoms with van der Waals surface area (Å²) in [7, 11) is -4.15. The van der Waals surface area contributed by atoms with E-state index in [1.165, 1.54) is 6.07 Å². The van der Waals surface area contributed by atoms with Crippen LogP contribution in [0, 0.1) is 6.92 Å². The van der Waals surface area contributed by atoms with E-state index in [2.05, 4.69) is 0 Å². The van der Waals surface area contributed by atoms with Crippen LogP contribution in [0.1, 0.15) is 34.3 Å². The van der Waals surface area contributed by atoms with Gasteiger partial charge in [-0.15, -0.1) is 0 Å². The normalized spacial score (nSPS) is 15.7. The van der Waals surface area contributed by atoms with E-state index in [-0.39, 0.29) is 34.2 Å². The Morgan fingerprint density at radius 1 is 1.06 bits per heavy atom. The highest BCUT2D eigenvalue weighted by Gasteiger charge is 2.26. The number of hydrogen-bond donors (Lipinski definition) is 0. The molecule has 0 radical (unpaired) electrons. The van der Waals surface area contributed by atoms with Crippen molar-refractivity contribution in [1.29, 1.82) is 0 Å². The number of carbonyl (C=O) groups is 1. The van der Waals surface area contributed by atoms with E-state index in [1.807, 2.05) is 6.07 Å². The second kappa shape index (κ2) is 11.0. The molecule has 1 heterocycles. The number of hydrogen-bond acceptors (Lipinski definition) is 5. The van der Waals surface area contributed by atoms with E-state index in [0.29, 0.717) is 34.9 Å². The average Bonchev–Trinajstić information content (AvgIpc) is 3.31. The number of benzene rings is 3. The molecule has 9 heteroatoms. The van der Waals surface area contributed by atoms with E-state index >= 15 is 0 Å². The summed E-state index contributed by atoms with van der Waals surface area (Å²) in [6.45, 7) is 2.95. The van der Waals surface area contributed by atoms with Crippen molar-refractivity contribution in [1.82, 2.24) is 4.90 Å². The Hall–Kier alpha value is -2.58. The van der Waals surface area contributed by atoms with Crippen LogP contribution >= 0.6 is 23.2 Å². The van der Waals surface area contributed by atoms with Crippen molar-refractivity contribution >= 4 is 39.2 Å². The lowest BCUT2D eigenvalue weighted by Crippen LogP contribution is -2.37. The Morgan fingerprint density at radius 2 is 1.80 bits per heavy atom. The molecular weight excluding hydrogens is 509 g/mol. The first-order chi connectivity index (χ1) is 16.7. The maximum atomic E-state index is 13.4. The molecule has 4 rings (SSSR count). The molecule has 0 spiro atoms. The zero-order chi connectivity index (χ0) is 25.0. The third-order valence-electron chi connectivity index (χ3n) is 5.73. The third kappa shape index (κ3) is 6.16. The molecule has 1 saturated heterocycles. The van der Waals surface area contributed by atoms with Crippen molar-refractivity contribution in [3.8, 4) is 5.75 Å². The lowest BCUT2D eigenvalue weighted by molar-refractivity contribution is 0.0507. The standard InChI is InChI=1S/C26H25Cl2NO5S/c1-18-7-4-13-24(28)25(18)35(31,32)34-20-9-5-8-19(15-20)16-29(17-21-10-6-14-33-21)26(30)22-11-2-3-12-23(22)27/h2-5,7-9,11-13,15,21H,6,10,14,16-17H2,1H3. The molecule has 0 saturated carbocycles. The fourth-order valence-electron chi connectivity index (χ4n) is 4.08. The van der Waals surface area contributed by atoms with Gasteiger partial charge in [-0.1, -0.05) is 59.6 Å². The second-order valence-corrected chi connectivity index (χ2v) is 10.7. The number of ether oxygens (including phenoxy) is 1. The lowest BCUT2D eigenvalue weighted by Gasteiger charge is -2.26. The predicted molar refractivity (Wildman–Crippen MR) is 136 cm³/mol. The molecule has 6 nitrogen and oxygen atoms in total. The minimum Gasteiger partial charge on any atom is -0.379 e. The van der Waals surface area contributed by atoms with Crippen LogP contribution in [0.4, 0.5) is 0 Å². The Kier molecular flexibility index (Phi) is 8.02. The summed E-state index contributed by atoms with van der Waals surface area (Å²) in [5, 5.41) is 0.461. The first kappa shape index (κ1) is 25.5. The van der Waals surface area contributed by atoms with Gasteiger partial charge in [-0.25, -0.2) is 0 Å². The van der Waals surface area contributed by atoms with Crippen molar-refractivity contribution < 1.29 is 22.1 Å². The van der Waals surface area contributed by atoms with Gasteiger partial charge in [0.1, 0.15) is 10.6 Å². The van der Waals surface area contributed by atoms with E-state index < -0.39 is 10.1 Å². The fraction of sp³-hybridized carbons (Fsp3) is 0.269. The zero-order valence-corrected chi connectivity index (χ0v) is 21.4. The molecule has 1 unspecified atom stereocenters. The van der Waals surface area contributed by atoms with E-state index in [4.69, 9.17) is 32.1 Å². The third-order valence-corrected chi connectivity index (χ3v) is 7.94. The van der Waals surface area contributed by atoms with E-state index in [1.54, 1.807) is 66.4 Å². The van der Waals surface area contributed by atoms with Crippen molar-refractivity contribution in [2.75, 3.05) is 13.2 Å². The van der Waals surface area contributed by atoms with E-state index in [9.17, 15) is 13.2 Å². The SMILES string of the molecule is Cc1cccc(Cl)c1S(=O)(=O)Oc1cccc(CN(CC2CCCO2)C(=O)c2ccccc2Cl)c1. The molecule has 1 fully saturated rings. The second-order valence-electron chi connectivity index (χ2n) is 8.37. The van der Waals surface area contributed by atoms with Crippen molar-refractivity contribution in [3.05, 3.63) is 93.5 Å². The Morgan fingerprint density at radius 3 is 2.51 bits per heavy atom. The fourth-order valence-corrected chi connectivity index (χ4v) is 6.01. The number of carbonyl (C=O) groups excluding carboxylic acids is 1. The number of aryl methyl sites for hydroxylation is 1. The van der Waals surface area contributed by atoms with Crippen LogP contribution in [0.5, 0.6) is 5.75 Å². The Labute approximate surface area is 215 Å². The molecule has 1 aliphatic heterocycles. The van der Waals surface area contributed by atoms with Crippen LogP contribution in [0.15, 0.2) is 71.6 Å². The minimum atomic E-state index is -4.15. The summed E-state index contributed by atoms with van der Waals surface area (Å²) in [6, 6.07) is 18.4. The molecule has 3 aromatic carbocycles. The summed E-state index contributed by atoms with van der Waals surface area (Å²) in [5.41, 5.74) is 1.59. The number of amides is 1. The smallest absolute Gasteiger partial charge is 0.340 e. The molecule has 1 atom stereocenters. The lowest BCUT2D eigenvalue weighted by atomic mass is 10.1. The van der Waals surface area contributed by atoms with Crippen molar-refractivity contribution in [3.63, 3.8) is 0 Å². The van der Waals surface area contributed by atoms with Gasteiger partial charge in [-0.2, -0.15) is 8.42 Å². The highest BCUT2D eigenvalue weighted by Crippen LogP contribution is 2.29. The first-order valence-electron chi connectivity index (χ1n) is 11.2. The summed E-state index contributed by atoms with van der Waals surface area (Å²) in [6.07, 6.45) is 1.75. The molecule has 1 aliphatic rings. The van der Waals surface area contributed by atoms with Crippen LogP contribution in [-0.4, -0.2) is 38.5 Å². The van der Waals surface area contributed by atoms with Gasteiger partial charge in [-0.3, -0.25) is 4.79 Å². The summed E-state index contributed by atoms with van der Waals surface area (Å²) >= 11 is 12.4. The van der Waals surface area contributed by atoms with Crippen LogP contribution in [-0.2, 0) is 21.4 Å². The largest absolute Gasteiger partial charge is 0.379 e. The summed E-state index contributed by atoms with van der Waals surface area (Å²) in [5.74, 6) is -0.0965. The average molecular weight is 534 g/mol. The van der Waals surface area contributed by atoms with Crippen molar-refractivity contribution in [2.45, 2.75) is 37.3 Å². The number of halogens is 2. The Balaban J connectivity index is 1.58. The van der Waals surface area contributed by atoms with Gasteiger partial charge in [-0.05, 0) is 61.2 Å². The van der Waals surface area contributed by atoms with Gasteiger partial charge in [0.2, 0.25) is 0 Å². The Bertz CT molecular complexity index is 1300. The maximum absolute atomic E-state index is 13.4. The molecule has 3 aromatic rings.